The van der Waals surface area contributed by atoms with E-state index in [2.05, 4.69) is 28.1 Å². The highest BCUT2D eigenvalue weighted by Crippen LogP contribution is 2.13. The van der Waals surface area contributed by atoms with Gasteiger partial charge in [-0.1, -0.05) is 28.1 Å². The summed E-state index contributed by atoms with van der Waals surface area (Å²) in [7, 11) is 1.60. The molecule has 1 rings (SSSR count). The van der Waals surface area contributed by atoms with Crippen LogP contribution in [0.1, 0.15) is 12.0 Å². The lowest BCUT2D eigenvalue weighted by molar-refractivity contribution is 0.0595. The first-order valence-electron chi connectivity index (χ1n) is 4.64. The summed E-state index contributed by atoms with van der Waals surface area (Å²) in [4.78, 5) is 0. The summed E-state index contributed by atoms with van der Waals surface area (Å²) in [5, 5.41) is 9.44. The quantitative estimate of drug-likeness (QED) is 0.879. The fraction of sp³-hybridized carbons (Fsp3) is 0.455. The molecular formula is C11H15BrO2. The van der Waals surface area contributed by atoms with Crippen molar-refractivity contribution >= 4 is 15.9 Å². The standard InChI is InChI=1S/C11H15BrO2/c1-14-8-11(13)6-5-9-3-2-4-10(12)7-9/h2-4,7,11,13H,5-6,8H2,1H3. The first kappa shape index (κ1) is 11.7. The third-order valence-corrected chi connectivity index (χ3v) is 2.51. The molecule has 0 saturated carbocycles. The van der Waals surface area contributed by atoms with Crippen LogP contribution in [0.3, 0.4) is 0 Å². The van der Waals surface area contributed by atoms with Gasteiger partial charge in [-0.15, -0.1) is 0 Å². The molecule has 0 bridgehead atoms. The molecule has 0 heterocycles. The van der Waals surface area contributed by atoms with E-state index < -0.39 is 0 Å². The van der Waals surface area contributed by atoms with Crippen LogP contribution in [0, 0.1) is 0 Å². The molecule has 1 N–H and O–H groups in total. The van der Waals surface area contributed by atoms with E-state index in [4.69, 9.17) is 4.74 Å². The van der Waals surface area contributed by atoms with Crippen LogP contribution in [0.5, 0.6) is 0 Å². The Bertz CT molecular complexity index is 276. The maximum Gasteiger partial charge on any atom is 0.0776 e. The molecule has 78 valence electrons. The highest BCUT2D eigenvalue weighted by Gasteiger charge is 2.03. The van der Waals surface area contributed by atoms with Gasteiger partial charge in [0, 0.05) is 11.6 Å². The van der Waals surface area contributed by atoms with Gasteiger partial charge in [0.1, 0.15) is 0 Å². The summed E-state index contributed by atoms with van der Waals surface area (Å²) in [6.45, 7) is 0.411. The largest absolute Gasteiger partial charge is 0.391 e. The molecule has 1 unspecified atom stereocenters. The van der Waals surface area contributed by atoms with Crippen LogP contribution in [-0.2, 0) is 11.2 Å². The molecule has 1 atom stereocenters. The molecule has 0 spiro atoms. The summed E-state index contributed by atoms with van der Waals surface area (Å²) in [6.07, 6.45) is 1.26. The minimum absolute atomic E-state index is 0.362. The summed E-state index contributed by atoms with van der Waals surface area (Å²) < 4.78 is 5.94. The van der Waals surface area contributed by atoms with Crippen molar-refractivity contribution in [2.45, 2.75) is 18.9 Å². The Morgan fingerprint density at radius 3 is 2.93 bits per heavy atom. The average Bonchev–Trinajstić information content (AvgIpc) is 2.15. The highest BCUT2D eigenvalue weighted by molar-refractivity contribution is 9.10. The van der Waals surface area contributed by atoms with Gasteiger partial charge in [-0.05, 0) is 30.5 Å². The number of halogens is 1. The van der Waals surface area contributed by atoms with Crippen LogP contribution in [-0.4, -0.2) is 24.9 Å². The van der Waals surface area contributed by atoms with Gasteiger partial charge < -0.3 is 9.84 Å². The third-order valence-electron chi connectivity index (χ3n) is 2.01. The molecule has 0 aliphatic carbocycles. The Morgan fingerprint density at radius 2 is 2.29 bits per heavy atom. The molecule has 0 saturated heterocycles. The smallest absolute Gasteiger partial charge is 0.0776 e. The van der Waals surface area contributed by atoms with Crippen LogP contribution in [0.25, 0.3) is 0 Å². The zero-order valence-corrected chi connectivity index (χ0v) is 9.83. The number of aliphatic hydroxyl groups is 1. The highest BCUT2D eigenvalue weighted by atomic mass is 79.9. The summed E-state index contributed by atoms with van der Waals surface area (Å²) in [5.74, 6) is 0. The van der Waals surface area contributed by atoms with Gasteiger partial charge in [-0.25, -0.2) is 0 Å². The molecule has 0 aliphatic heterocycles. The van der Waals surface area contributed by atoms with Crippen molar-refractivity contribution < 1.29 is 9.84 Å². The Hall–Kier alpha value is -0.380. The lowest BCUT2D eigenvalue weighted by Crippen LogP contribution is -2.14. The Morgan fingerprint density at radius 1 is 1.50 bits per heavy atom. The third kappa shape index (κ3) is 4.22. The van der Waals surface area contributed by atoms with Gasteiger partial charge in [0.25, 0.3) is 0 Å². The molecule has 0 aliphatic rings. The lowest BCUT2D eigenvalue weighted by Gasteiger charge is -2.08. The fourth-order valence-corrected chi connectivity index (χ4v) is 1.75. The molecule has 2 nitrogen and oxygen atoms in total. The summed E-state index contributed by atoms with van der Waals surface area (Å²) in [5.41, 5.74) is 1.23. The molecule has 0 radical (unpaired) electrons. The average molecular weight is 259 g/mol. The van der Waals surface area contributed by atoms with E-state index in [0.29, 0.717) is 6.61 Å². The Balaban J connectivity index is 2.37. The van der Waals surface area contributed by atoms with Crippen LogP contribution in [0.2, 0.25) is 0 Å². The van der Waals surface area contributed by atoms with Gasteiger partial charge >= 0.3 is 0 Å². The number of benzene rings is 1. The van der Waals surface area contributed by atoms with Crippen molar-refractivity contribution in [2.75, 3.05) is 13.7 Å². The first-order chi connectivity index (χ1) is 6.72. The maximum atomic E-state index is 9.44. The first-order valence-corrected chi connectivity index (χ1v) is 5.43. The fourth-order valence-electron chi connectivity index (χ4n) is 1.30. The predicted octanol–water partition coefficient (Wildman–Crippen LogP) is 2.39. The molecule has 0 amide bonds. The van der Waals surface area contributed by atoms with Gasteiger partial charge in [0.15, 0.2) is 0 Å². The Kier molecular flexibility index (Phi) is 5.15. The van der Waals surface area contributed by atoms with Crippen molar-refractivity contribution in [3.63, 3.8) is 0 Å². The second-order valence-corrected chi connectivity index (χ2v) is 4.19. The van der Waals surface area contributed by atoms with Crippen molar-refractivity contribution in [3.05, 3.63) is 34.3 Å². The monoisotopic (exact) mass is 258 g/mol. The number of aliphatic hydroxyl groups excluding tert-OH is 1. The van der Waals surface area contributed by atoms with Gasteiger partial charge in [-0.2, -0.15) is 0 Å². The molecule has 0 aromatic heterocycles. The van der Waals surface area contributed by atoms with Gasteiger partial charge in [0.05, 0.1) is 12.7 Å². The van der Waals surface area contributed by atoms with E-state index in [0.717, 1.165) is 17.3 Å². The van der Waals surface area contributed by atoms with Crippen LogP contribution in [0.4, 0.5) is 0 Å². The van der Waals surface area contributed by atoms with Crippen LogP contribution >= 0.6 is 15.9 Å². The minimum atomic E-state index is -0.362. The van der Waals surface area contributed by atoms with E-state index in [9.17, 15) is 5.11 Å². The normalized spacial score (nSPS) is 12.8. The maximum absolute atomic E-state index is 9.44. The SMILES string of the molecule is COCC(O)CCc1cccc(Br)c1. The predicted molar refractivity (Wildman–Crippen MR) is 60.3 cm³/mol. The number of ether oxygens (including phenoxy) is 1. The number of aryl methyl sites for hydroxylation is 1. The van der Waals surface area contributed by atoms with Crippen molar-refractivity contribution in [1.29, 1.82) is 0 Å². The molecule has 1 aromatic rings. The molecule has 14 heavy (non-hydrogen) atoms. The Labute approximate surface area is 93.0 Å². The molecule has 0 fully saturated rings. The van der Waals surface area contributed by atoms with Crippen molar-refractivity contribution in [2.24, 2.45) is 0 Å². The number of hydrogen-bond donors (Lipinski definition) is 1. The number of hydrogen-bond acceptors (Lipinski definition) is 2. The lowest BCUT2D eigenvalue weighted by atomic mass is 10.1. The summed E-state index contributed by atoms with van der Waals surface area (Å²) in [6, 6.07) is 8.13. The van der Waals surface area contributed by atoms with Crippen molar-refractivity contribution in [3.8, 4) is 0 Å². The second-order valence-electron chi connectivity index (χ2n) is 3.28. The molecule has 3 heteroatoms. The van der Waals surface area contributed by atoms with Crippen LogP contribution in [0.15, 0.2) is 28.7 Å². The van der Waals surface area contributed by atoms with Crippen molar-refractivity contribution in [1.82, 2.24) is 0 Å². The van der Waals surface area contributed by atoms with E-state index in [1.165, 1.54) is 5.56 Å². The number of rotatable bonds is 5. The van der Waals surface area contributed by atoms with Gasteiger partial charge in [-0.3, -0.25) is 0 Å². The second kappa shape index (κ2) is 6.17. The van der Waals surface area contributed by atoms with E-state index in [1.54, 1.807) is 7.11 Å². The van der Waals surface area contributed by atoms with Crippen LogP contribution < -0.4 is 0 Å². The molecule has 1 aromatic carbocycles. The van der Waals surface area contributed by atoms with E-state index >= 15 is 0 Å². The van der Waals surface area contributed by atoms with E-state index in [1.807, 2.05) is 12.1 Å². The zero-order valence-electron chi connectivity index (χ0n) is 8.24. The minimum Gasteiger partial charge on any atom is -0.391 e. The molecular weight excluding hydrogens is 244 g/mol. The van der Waals surface area contributed by atoms with E-state index in [-0.39, 0.29) is 6.10 Å². The summed E-state index contributed by atoms with van der Waals surface area (Å²) >= 11 is 3.41. The zero-order chi connectivity index (χ0) is 10.4. The topological polar surface area (TPSA) is 29.5 Å². The van der Waals surface area contributed by atoms with Gasteiger partial charge in [0.2, 0.25) is 0 Å². The number of methoxy groups -OCH3 is 1.